The highest BCUT2D eigenvalue weighted by Crippen LogP contribution is 2.61. The first-order valence-corrected chi connectivity index (χ1v) is 11.6. The van der Waals surface area contributed by atoms with E-state index in [4.69, 9.17) is 0 Å². The van der Waals surface area contributed by atoms with Crippen LogP contribution in [0.5, 0.6) is 0 Å². The van der Waals surface area contributed by atoms with Crippen LogP contribution in [0, 0.1) is 17.8 Å². The Balaban J connectivity index is 1.36. The molecule has 4 aliphatic carbocycles. The fraction of sp³-hybridized carbons (Fsp3) is 0.478. The SMILES string of the molecule is O=C(NS(=O)Cc1ccccc1C12CC3CC(CC(C3)C1)C2)c1cccnc1. The van der Waals surface area contributed by atoms with Crippen LogP contribution in [0.3, 0.4) is 0 Å². The zero-order valence-electron chi connectivity index (χ0n) is 16.0. The van der Waals surface area contributed by atoms with Crippen LogP contribution in [0.15, 0.2) is 48.8 Å². The highest BCUT2D eigenvalue weighted by Gasteiger charge is 2.52. The van der Waals surface area contributed by atoms with Crippen LogP contribution in [0.2, 0.25) is 0 Å². The summed E-state index contributed by atoms with van der Waals surface area (Å²) in [7, 11) is -1.45. The van der Waals surface area contributed by atoms with E-state index in [1.54, 1.807) is 18.3 Å². The van der Waals surface area contributed by atoms with Gasteiger partial charge in [-0.15, -0.1) is 0 Å². The van der Waals surface area contributed by atoms with Gasteiger partial charge in [-0.25, -0.2) is 4.21 Å². The van der Waals surface area contributed by atoms with Crippen molar-refractivity contribution in [2.24, 2.45) is 17.8 Å². The predicted molar refractivity (Wildman–Crippen MR) is 110 cm³/mol. The zero-order valence-corrected chi connectivity index (χ0v) is 16.8. The molecule has 1 heterocycles. The smallest absolute Gasteiger partial charge is 0.264 e. The fourth-order valence-electron chi connectivity index (χ4n) is 6.44. The highest BCUT2D eigenvalue weighted by molar-refractivity contribution is 7.82. The molecule has 1 N–H and O–H groups in total. The molecule has 1 aromatic heterocycles. The number of carbonyl (C=O) groups excluding carboxylic acids is 1. The quantitative estimate of drug-likeness (QED) is 0.829. The Morgan fingerprint density at radius 3 is 2.36 bits per heavy atom. The number of hydrogen-bond acceptors (Lipinski definition) is 3. The number of nitrogens with zero attached hydrogens (tertiary/aromatic N) is 1. The van der Waals surface area contributed by atoms with Gasteiger partial charge in [0.1, 0.15) is 11.0 Å². The summed E-state index contributed by atoms with van der Waals surface area (Å²) in [6.07, 6.45) is 11.2. The second-order valence-electron chi connectivity index (χ2n) is 9.02. The largest absolute Gasteiger partial charge is 0.271 e. The fourth-order valence-corrected chi connectivity index (χ4v) is 7.37. The van der Waals surface area contributed by atoms with Crippen LogP contribution in [0.4, 0.5) is 0 Å². The number of carbonyl (C=O) groups is 1. The van der Waals surface area contributed by atoms with Crippen LogP contribution in [-0.2, 0) is 22.2 Å². The van der Waals surface area contributed by atoms with Gasteiger partial charge >= 0.3 is 0 Å². The van der Waals surface area contributed by atoms with E-state index in [9.17, 15) is 9.00 Å². The molecular weight excluding hydrogens is 368 g/mol. The molecule has 1 atom stereocenters. The molecule has 4 aliphatic rings. The Labute approximate surface area is 168 Å². The maximum atomic E-state index is 12.7. The molecule has 0 spiro atoms. The molecule has 1 unspecified atom stereocenters. The molecule has 1 amide bonds. The monoisotopic (exact) mass is 394 g/mol. The lowest BCUT2D eigenvalue weighted by molar-refractivity contribution is -0.00549. The lowest BCUT2D eigenvalue weighted by Gasteiger charge is -2.57. The lowest BCUT2D eigenvalue weighted by Crippen LogP contribution is -2.49. The molecule has 4 bridgehead atoms. The van der Waals surface area contributed by atoms with Gasteiger partial charge in [-0.05, 0) is 85.0 Å². The highest BCUT2D eigenvalue weighted by atomic mass is 32.2. The number of hydrogen-bond donors (Lipinski definition) is 1. The van der Waals surface area contributed by atoms with Crippen molar-refractivity contribution in [1.29, 1.82) is 0 Å². The standard InChI is InChI=1S/C23H26N2O2S/c26-22(19-5-3-7-24-14-19)25-28(27)15-20-4-1-2-6-21(20)23-11-16-8-17(12-23)10-18(9-16)13-23/h1-7,14,16-18H,8-13,15H2,(H,25,26). The number of rotatable bonds is 5. The molecule has 2 aromatic rings. The topological polar surface area (TPSA) is 59.1 Å². The Kier molecular flexibility index (Phi) is 4.58. The van der Waals surface area contributed by atoms with Crippen molar-refractivity contribution in [3.8, 4) is 0 Å². The third-order valence-corrected chi connectivity index (χ3v) is 8.03. The number of pyridine rings is 1. The van der Waals surface area contributed by atoms with Crippen molar-refractivity contribution in [2.45, 2.75) is 49.7 Å². The normalized spacial score (nSPS) is 31.5. The summed E-state index contributed by atoms with van der Waals surface area (Å²) in [5, 5.41) is 0. The second kappa shape index (κ2) is 7.11. The van der Waals surface area contributed by atoms with Gasteiger partial charge in [-0.3, -0.25) is 14.5 Å². The third-order valence-electron chi connectivity index (χ3n) is 7.04. The molecule has 28 heavy (non-hydrogen) atoms. The van der Waals surface area contributed by atoms with Gasteiger partial charge in [0, 0.05) is 12.4 Å². The maximum Gasteiger partial charge on any atom is 0.264 e. The van der Waals surface area contributed by atoms with E-state index in [-0.39, 0.29) is 11.3 Å². The minimum absolute atomic E-state index is 0.267. The molecule has 146 valence electrons. The summed E-state index contributed by atoms with van der Waals surface area (Å²) < 4.78 is 15.4. The summed E-state index contributed by atoms with van der Waals surface area (Å²) in [6.45, 7) is 0. The molecule has 5 heteroatoms. The van der Waals surface area contributed by atoms with Gasteiger partial charge in [0.05, 0.1) is 11.3 Å². The van der Waals surface area contributed by atoms with Gasteiger partial charge in [0.2, 0.25) is 0 Å². The Morgan fingerprint density at radius 2 is 1.71 bits per heavy atom. The minimum Gasteiger partial charge on any atom is -0.271 e. The van der Waals surface area contributed by atoms with Gasteiger partial charge in [0.25, 0.3) is 5.91 Å². The van der Waals surface area contributed by atoms with E-state index in [1.165, 1.54) is 50.3 Å². The van der Waals surface area contributed by atoms with Crippen molar-refractivity contribution in [3.63, 3.8) is 0 Å². The van der Waals surface area contributed by atoms with E-state index < -0.39 is 11.0 Å². The van der Waals surface area contributed by atoms with Crippen molar-refractivity contribution in [1.82, 2.24) is 9.71 Å². The minimum atomic E-state index is -1.45. The van der Waals surface area contributed by atoms with Gasteiger partial charge in [-0.2, -0.15) is 0 Å². The molecule has 4 fully saturated rings. The maximum absolute atomic E-state index is 12.7. The summed E-state index contributed by atoms with van der Waals surface area (Å²) in [5.74, 6) is 2.64. The molecular formula is C23H26N2O2S. The lowest BCUT2D eigenvalue weighted by atomic mass is 9.47. The van der Waals surface area contributed by atoms with Crippen molar-refractivity contribution >= 4 is 16.9 Å². The summed E-state index contributed by atoms with van der Waals surface area (Å²) in [4.78, 5) is 16.3. The zero-order chi connectivity index (χ0) is 19.1. The Hall–Kier alpha value is -2.01. The molecule has 0 saturated heterocycles. The number of amides is 1. The van der Waals surface area contributed by atoms with E-state index in [2.05, 4.69) is 27.9 Å². The van der Waals surface area contributed by atoms with E-state index >= 15 is 0 Å². The summed E-state index contributed by atoms with van der Waals surface area (Å²) >= 11 is 0. The Morgan fingerprint density at radius 1 is 1.04 bits per heavy atom. The van der Waals surface area contributed by atoms with Crippen LogP contribution >= 0.6 is 0 Å². The summed E-state index contributed by atoms with van der Waals surface area (Å²) in [5.41, 5.74) is 3.22. The number of benzene rings is 1. The van der Waals surface area contributed by atoms with Gasteiger partial charge in [0.15, 0.2) is 0 Å². The van der Waals surface area contributed by atoms with Gasteiger partial charge in [-0.1, -0.05) is 24.3 Å². The molecule has 1 aromatic carbocycles. The molecule has 0 aliphatic heterocycles. The first-order chi connectivity index (χ1) is 13.6. The average molecular weight is 395 g/mol. The summed E-state index contributed by atoms with van der Waals surface area (Å²) in [6, 6.07) is 11.9. The van der Waals surface area contributed by atoms with Crippen molar-refractivity contribution < 1.29 is 9.00 Å². The Bertz CT molecular complexity index is 877. The molecule has 6 rings (SSSR count). The molecule has 4 nitrogen and oxygen atoms in total. The predicted octanol–water partition coefficient (Wildman–Crippen LogP) is 4.14. The van der Waals surface area contributed by atoms with E-state index in [0.717, 1.165) is 23.3 Å². The first-order valence-electron chi connectivity index (χ1n) is 10.3. The van der Waals surface area contributed by atoms with E-state index in [1.807, 2.05) is 6.07 Å². The van der Waals surface area contributed by atoms with Crippen LogP contribution in [-0.4, -0.2) is 15.1 Å². The van der Waals surface area contributed by atoms with E-state index in [0.29, 0.717) is 11.3 Å². The third kappa shape index (κ3) is 3.30. The van der Waals surface area contributed by atoms with Crippen molar-refractivity contribution in [2.75, 3.05) is 0 Å². The molecule has 0 radical (unpaired) electrons. The van der Waals surface area contributed by atoms with Crippen LogP contribution in [0.25, 0.3) is 0 Å². The average Bonchev–Trinajstić information content (AvgIpc) is 2.68. The second-order valence-corrected chi connectivity index (χ2v) is 10.2. The number of aromatic nitrogens is 1. The number of nitrogens with one attached hydrogen (secondary N) is 1. The van der Waals surface area contributed by atoms with Gasteiger partial charge < -0.3 is 0 Å². The van der Waals surface area contributed by atoms with Crippen LogP contribution < -0.4 is 4.72 Å². The molecule has 4 saturated carbocycles. The van der Waals surface area contributed by atoms with Crippen molar-refractivity contribution in [3.05, 3.63) is 65.5 Å². The van der Waals surface area contributed by atoms with Crippen LogP contribution in [0.1, 0.15) is 60.0 Å². The first kappa shape index (κ1) is 18.0.